The summed E-state index contributed by atoms with van der Waals surface area (Å²) in [6.45, 7) is 5.73. The quantitative estimate of drug-likeness (QED) is 0.356. The van der Waals surface area contributed by atoms with Crippen LogP contribution in [-0.2, 0) is 16.1 Å². The second kappa shape index (κ2) is 9.39. The molecule has 0 saturated carbocycles. The van der Waals surface area contributed by atoms with E-state index in [2.05, 4.69) is 5.32 Å². The Kier molecular flexibility index (Phi) is 6.65. The zero-order valence-electron chi connectivity index (χ0n) is 17.8. The lowest BCUT2D eigenvalue weighted by Gasteiger charge is -2.20. The average Bonchev–Trinajstić information content (AvgIpc) is 2.77. The fourth-order valence-electron chi connectivity index (χ4n) is 3.03. The van der Waals surface area contributed by atoms with Crippen molar-refractivity contribution in [2.24, 2.45) is 0 Å². The van der Waals surface area contributed by atoms with E-state index in [-0.39, 0.29) is 12.5 Å². The van der Waals surface area contributed by atoms with Crippen LogP contribution in [-0.4, -0.2) is 23.3 Å². The van der Waals surface area contributed by atoms with Gasteiger partial charge in [0.2, 0.25) is 5.78 Å². The lowest BCUT2D eigenvalue weighted by atomic mass is 9.98. The van der Waals surface area contributed by atoms with Gasteiger partial charge in [-0.1, -0.05) is 72.8 Å². The highest BCUT2D eigenvalue weighted by atomic mass is 16.6. The van der Waals surface area contributed by atoms with E-state index >= 15 is 0 Å². The first-order valence-corrected chi connectivity index (χ1v) is 10.0. The number of esters is 1. The average molecular weight is 415 g/mol. The molecule has 1 N–H and O–H groups in total. The summed E-state index contributed by atoms with van der Waals surface area (Å²) in [5.41, 5.74) is 2.74. The number of benzene rings is 3. The molecule has 3 aromatic carbocycles. The molecular weight excluding hydrogens is 390 g/mol. The number of hydrogen-bond acceptors (Lipinski definition) is 4. The second-order valence-corrected chi connectivity index (χ2v) is 8.12. The molecule has 0 heterocycles. The van der Waals surface area contributed by atoms with Gasteiger partial charge >= 0.3 is 5.97 Å². The molecule has 5 nitrogen and oxygen atoms in total. The van der Waals surface area contributed by atoms with Crippen molar-refractivity contribution in [3.63, 3.8) is 0 Å². The van der Waals surface area contributed by atoms with Crippen LogP contribution < -0.4 is 5.32 Å². The highest BCUT2D eigenvalue weighted by molar-refractivity contribution is 6.42. The molecule has 0 spiro atoms. The SMILES string of the molecule is CC(C)(C)OC(=O)c1ccccc1-c1ccc(CNC(=O)C(=O)c2ccccc2)cc1. The molecule has 5 heteroatoms. The van der Waals surface area contributed by atoms with E-state index < -0.39 is 17.3 Å². The summed E-state index contributed by atoms with van der Waals surface area (Å²) in [6.07, 6.45) is 0. The van der Waals surface area contributed by atoms with E-state index in [0.717, 1.165) is 16.7 Å². The third kappa shape index (κ3) is 5.89. The van der Waals surface area contributed by atoms with Crippen LogP contribution in [0.3, 0.4) is 0 Å². The monoisotopic (exact) mass is 415 g/mol. The van der Waals surface area contributed by atoms with Gasteiger partial charge in [0, 0.05) is 12.1 Å². The number of Topliss-reactive ketones (excluding diaryl/α,β-unsaturated/α-hetero) is 1. The summed E-state index contributed by atoms with van der Waals surface area (Å²) in [7, 11) is 0. The summed E-state index contributed by atoms with van der Waals surface area (Å²) >= 11 is 0. The topological polar surface area (TPSA) is 72.5 Å². The third-order valence-electron chi connectivity index (χ3n) is 4.51. The third-order valence-corrected chi connectivity index (χ3v) is 4.51. The molecule has 0 radical (unpaired) electrons. The lowest BCUT2D eigenvalue weighted by molar-refractivity contribution is -0.117. The Bertz CT molecular complexity index is 1080. The molecule has 158 valence electrons. The van der Waals surface area contributed by atoms with E-state index in [1.165, 1.54) is 0 Å². The van der Waals surface area contributed by atoms with Gasteiger partial charge in [0.1, 0.15) is 5.60 Å². The van der Waals surface area contributed by atoms with Gasteiger partial charge in [0.05, 0.1) is 5.56 Å². The number of rotatable bonds is 6. The predicted octanol–water partition coefficient (Wildman–Crippen LogP) is 4.81. The van der Waals surface area contributed by atoms with Crippen molar-refractivity contribution in [3.05, 3.63) is 95.6 Å². The standard InChI is InChI=1S/C26H25NO4/c1-26(2,3)31-25(30)22-12-8-7-11-21(22)19-15-13-18(14-16-19)17-27-24(29)23(28)20-9-5-4-6-10-20/h4-16H,17H2,1-3H3,(H,27,29). The number of amides is 1. The Morgan fingerprint density at radius 1 is 0.806 bits per heavy atom. The van der Waals surface area contributed by atoms with E-state index in [4.69, 9.17) is 4.74 Å². The van der Waals surface area contributed by atoms with Gasteiger partial charge in [-0.2, -0.15) is 0 Å². The molecule has 0 aromatic heterocycles. The number of ketones is 1. The van der Waals surface area contributed by atoms with Crippen LogP contribution in [0.15, 0.2) is 78.9 Å². The minimum absolute atomic E-state index is 0.228. The molecule has 0 atom stereocenters. The molecule has 0 fully saturated rings. The minimum atomic E-state index is -0.648. The van der Waals surface area contributed by atoms with Crippen LogP contribution in [0.25, 0.3) is 11.1 Å². The van der Waals surface area contributed by atoms with Gasteiger partial charge in [-0.05, 0) is 43.5 Å². The second-order valence-electron chi connectivity index (χ2n) is 8.12. The zero-order chi connectivity index (χ0) is 22.4. The van der Waals surface area contributed by atoms with Crippen molar-refractivity contribution >= 4 is 17.7 Å². The van der Waals surface area contributed by atoms with Crippen molar-refractivity contribution in [2.45, 2.75) is 32.9 Å². The number of hydrogen-bond donors (Lipinski definition) is 1. The molecule has 0 aliphatic heterocycles. The predicted molar refractivity (Wildman–Crippen MR) is 120 cm³/mol. The maximum Gasteiger partial charge on any atom is 0.339 e. The first-order valence-electron chi connectivity index (χ1n) is 10.0. The summed E-state index contributed by atoms with van der Waals surface area (Å²) in [4.78, 5) is 36.9. The Labute approximate surface area is 182 Å². The summed E-state index contributed by atoms with van der Waals surface area (Å²) < 4.78 is 5.52. The number of nitrogens with one attached hydrogen (secondary N) is 1. The lowest BCUT2D eigenvalue weighted by Crippen LogP contribution is -2.30. The molecule has 3 aromatic rings. The van der Waals surface area contributed by atoms with Crippen LogP contribution in [0, 0.1) is 0 Å². The van der Waals surface area contributed by atoms with E-state index in [1.807, 2.05) is 57.2 Å². The summed E-state index contributed by atoms with van der Waals surface area (Å²) in [5.74, 6) is -1.59. The fourth-order valence-corrected chi connectivity index (χ4v) is 3.03. The molecular formula is C26H25NO4. The van der Waals surface area contributed by atoms with Crippen molar-refractivity contribution in [1.82, 2.24) is 5.32 Å². The Morgan fingerprint density at radius 2 is 1.42 bits per heavy atom. The van der Waals surface area contributed by atoms with Gasteiger partial charge in [-0.3, -0.25) is 9.59 Å². The molecule has 0 unspecified atom stereocenters. The van der Waals surface area contributed by atoms with Crippen LogP contribution in [0.1, 0.15) is 47.1 Å². The zero-order valence-corrected chi connectivity index (χ0v) is 17.8. The van der Waals surface area contributed by atoms with Crippen molar-refractivity contribution < 1.29 is 19.1 Å². The molecule has 0 aliphatic carbocycles. The normalized spacial score (nSPS) is 10.9. The van der Waals surface area contributed by atoms with E-state index in [9.17, 15) is 14.4 Å². The summed E-state index contributed by atoms with van der Waals surface area (Å²) in [6, 6.07) is 23.2. The molecule has 0 bridgehead atoms. The highest BCUT2D eigenvalue weighted by Crippen LogP contribution is 2.26. The van der Waals surface area contributed by atoms with Crippen LogP contribution >= 0.6 is 0 Å². The maximum absolute atomic E-state index is 12.6. The Morgan fingerprint density at radius 3 is 2.06 bits per heavy atom. The maximum atomic E-state index is 12.6. The minimum Gasteiger partial charge on any atom is -0.456 e. The van der Waals surface area contributed by atoms with Gasteiger partial charge < -0.3 is 10.1 Å². The largest absolute Gasteiger partial charge is 0.456 e. The van der Waals surface area contributed by atoms with Gasteiger partial charge in [0.25, 0.3) is 5.91 Å². The van der Waals surface area contributed by atoms with Crippen LogP contribution in [0.4, 0.5) is 0 Å². The smallest absolute Gasteiger partial charge is 0.339 e. The first kappa shape index (κ1) is 22.0. The van der Waals surface area contributed by atoms with Gasteiger partial charge in [-0.15, -0.1) is 0 Å². The Balaban J connectivity index is 1.69. The molecule has 1 amide bonds. The number of ether oxygens (including phenoxy) is 1. The van der Waals surface area contributed by atoms with Gasteiger partial charge in [0.15, 0.2) is 0 Å². The van der Waals surface area contributed by atoms with E-state index in [1.54, 1.807) is 42.5 Å². The molecule has 0 aliphatic rings. The van der Waals surface area contributed by atoms with Gasteiger partial charge in [-0.25, -0.2) is 4.79 Å². The van der Waals surface area contributed by atoms with Crippen molar-refractivity contribution in [2.75, 3.05) is 0 Å². The molecule has 0 saturated heterocycles. The Hall–Kier alpha value is -3.73. The van der Waals surface area contributed by atoms with Crippen molar-refractivity contribution in [3.8, 4) is 11.1 Å². The van der Waals surface area contributed by atoms with Crippen LogP contribution in [0.5, 0.6) is 0 Å². The van der Waals surface area contributed by atoms with Crippen molar-refractivity contribution in [1.29, 1.82) is 0 Å². The molecule has 3 rings (SSSR count). The number of carbonyl (C=O) groups is 3. The highest BCUT2D eigenvalue weighted by Gasteiger charge is 2.20. The first-order chi connectivity index (χ1) is 14.7. The number of carbonyl (C=O) groups excluding carboxylic acids is 3. The van der Waals surface area contributed by atoms with E-state index in [0.29, 0.717) is 11.1 Å². The van der Waals surface area contributed by atoms with Crippen LogP contribution in [0.2, 0.25) is 0 Å². The summed E-state index contributed by atoms with van der Waals surface area (Å²) in [5, 5.41) is 2.65. The fraction of sp³-hybridized carbons (Fsp3) is 0.192. The molecule has 31 heavy (non-hydrogen) atoms.